The summed E-state index contributed by atoms with van der Waals surface area (Å²) < 4.78 is 5.78. The third-order valence-corrected chi connectivity index (χ3v) is 3.82. The summed E-state index contributed by atoms with van der Waals surface area (Å²) in [5, 5.41) is 2.83. The number of amides is 1. The summed E-state index contributed by atoms with van der Waals surface area (Å²) in [6.07, 6.45) is 5.45. The first-order chi connectivity index (χ1) is 9.63. The zero-order valence-electron chi connectivity index (χ0n) is 12.1. The minimum Gasteiger partial charge on any atom is -0.399 e. The van der Waals surface area contributed by atoms with Crippen molar-refractivity contribution in [2.45, 2.75) is 45.1 Å². The Kier molecular flexibility index (Phi) is 5.41. The molecule has 0 atom stereocenters. The standard InChI is InChI=1S/C16H24N2O2/c1-12-5-7-15(8-6-12)20-10-9-16(19)18-14-4-2-3-13(17)11-14/h2-4,11-12,15H,5-10,17H2,1H3,(H,18,19). The SMILES string of the molecule is CC1CCC(OCCC(=O)Nc2cccc(N)c2)CC1. The second kappa shape index (κ2) is 7.29. The van der Waals surface area contributed by atoms with E-state index in [1.807, 2.05) is 12.1 Å². The van der Waals surface area contributed by atoms with Gasteiger partial charge in [0.1, 0.15) is 0 Å². The van der Waals surface area contributed by atoms with Gasteiger partial charge in [0.2, 0.25) is 5.91 Å². The summed E-state index contributed by atoms with van der Waals surface area (Å²) in [7, 11) is 0. The number of ether oxygens (including phenoxy) is 1. The van der Waals surface area contributed by atoms with Gasteiger partial charge < -0.3 is 15.8 Å². The first-order valence-corrected chi connectivity index (χ1v) is 7.40. The van der Waals surface area contributed by atoms with E-state index in [0.717, 1.165) is 24.4 Å². The maximum Gasteiger partial charge on any atom is 0.226 e. The Balaban J connectivity index is 1.65. The molecule has 0 spiro atoms. The average molecular weight is 276 g/mol. The molecule has 1 aromatic rings. The zero-order chi connectivity index (χ0) is 14.4. The highest BCUT2D eigenvalue weighted by Crippen LogP contribution is 2.25. The molecule has 0 bridgehead atoms. The molecule has 0 saturated heterocycles. The number of hydrogen-bond acceptors (Lipinski definition) is 3. The van der Waals surface area contributed by atoms with E-state index in [4.69, 9.17) is 10.5 Å². The fraction of sp³-hybridized carbons (Fsp3) is 0.562. The van der Waals surface area contributed by atoms with Gasteiger partial charge in [0, 0.05) is 11.4 Å². The molecule has 4 nitrogen and oxygen atoms in total. The van der Waals surface area contributed by atoms with Crippen LogP contribution in [-0.2, 0) is 9.53 Å². The van der Waals surface area contributed by atoms with Crippen LogP contribution in [0.2, 0.25) is 0 Å². The maximum absolute atomic E-state index is 11.8. The molecule has 4 heteroatoms. The van der Waals surface area contributed by atoms with Crippen LogP contribution in [0.4, 0.5) is 11.4 Å². The molecule has 1 fully saturated rings. The van der Waals surface area contributed by atoms with Crippen LogP contribution in [0.25, 0.3) is 0 Å². The molecular formula is C16H24N2O2. The summed E-state index contributed by atoms with van der Waals surface area (Å²) in [5.74, 6) is 0.793. The van der Waals surface area contributed by atoms with Gasteiger partial charge in [0.15, 0.2) is 0 Å². The van der Waals surface area contributed by atoms with Crippen molar-refractivity contribution < 1.29 is 9.53 Å². The number of nitrogens with two attached hydrogens (primary N) is 1. The van der Waals surface area contributed by atoms with Gasteiger partial charge in [-0.2, -0.15) is 0 Å². The van der Waals surface area contributed by atoms with Crippen molar-refractivity contribution in [3.05, 3.63) is 24.3 Å². The van der Waals surface area contributed by atoms with E-state index in [0.29, 0.717) is 24.8 Å². The summed E-state index contributed by atoms with van der Waals surface area (Å²) in [4.78, 5) is 11.8. The van der Waals surface area contributed by atoms with E-state index >= 15 is 0 Å². The molecule has 110 valence electrons. The predicted octanol–water partition coefficient (Wildman–Crippen LogP) is 3.19. The number of rotatable bonds is 5. The molecule has 2 rings (SSSR count). The third kappa shape index (κ3) is 4.85. The quantitative estimate of drug-likeness (QED) is 0.812. The van der Waals surface area contributed by atoms with Crippen molar-refractivity contribution in [1.29, 1.82) is 0 Å². The molecule has 0 heterocycles. The number of nitrogens with one attached hydrogen (secondary N) is 1. The van der Waals surface area contributed by atoms with Gasteiger partial charge in [0.05, 0.1) is 19.1 Å². The van der Waals surface area contributed by atoms with Gasteiger partial charge in [-0.3, -0.25) is 4.79 Å². The third-order valence-electron chi connectivity index (χ3n) is 3.82. The molecule has 1 saturated carbocycles. The van der Waals surface area contributed by atoms with Gasteiger partial charge in [-0.1, -0.05) is 13.0 Å². The van der Waals surface area contributed by atoms with Crippen molar-refractivity contribution in [3.63, 3.8) is 0 Å². The fourth-order valence-electron chi connectivity index (χ4n) is 2.55. The summed E-state index contributed by atoms with van der Waals surface area (Å²) >= 11 is 0. The second-order valence-corrected chi connectivity index (χ2v) is 5.68. The van der Waals surface area contributed by atoms with Crippen LogP contribution in [0.3, 0.4) is 0 Å². The minimum atomic E-state index is -0.0280. The first-order valence-electron chi connectivity index (χ1n) is 7.40. The van der Waals surface area contributed by atoms with Crippen LogP contribution in [0.1, 0.15) is 39.0 Å². The van der Waals surface area contributed by atoms with Gasteiger partial charge in [-0.05, 0) is 49.8 Å². The molecule has 0 aromatic heterocycles. The monoisotopic (exact) mass is 276 g/mol. The highest BCUT2D eigenvalue weighted by molar-refractivity contribution is 5.91. The molecule has 3 N–H and O–H groups in total. The number of hydrogen-bond donors (Lipinski definition) is 2. The van der Waals surface area contributed by atoms with Crippen molar-refractivity contribution in [2.24, 2.45) is 5.92 Å². The van der Waals surface area contributed by atoms with Crippen molar-refractivity contribution >= 4 is 17.3 Å². The number of carbonyl (C=O) groups excluding carboxylic acids is 1. The lowest BCUT2D eigenvalue weighted by molar-refractivity contribution is -0.117. The molecule has 0 aliphatic heterocycles. The molecule has 1 aromatic carbocycles. The van der Waals surface area contributed by atoms with E-state index in [1.54, 1.807) is 12.1 Å². The van der Waals surface area contributed by atoms with Crippen LogP contribution in [0, 0.1) is 5.92 Å². The van der Waals surface area contributed by atoms with Crippen LogP contribution < -0.4 is 11.1 Å². The Hall–Kier alpha value is -1.55. The number of anilines is 2. The molecule has 0 unspecified atom stereocenters. The number of carbonyl (C=O) groups is 1. The fourth-order valence-corrected chi connectivity index (χ4v) is 2.55. The zero-order valence-corrected chi connectivity index (χ0v) is 12.1. The molecule has 0 radical (unpaired) electrons. The molecular weight excluding hydrogens is 252 g/mol. The maximum atomic E-state index is 11.8. The lowest BCUT2D eigenvalue weighted by Crippen LogP contribution is -2.22. The normalized spacial score (nSPS) is 22.4. The molecule has 1 aliphatic carbocycles. The average Bonchev–Trinajstić information content (AvgIpc) is 2.41. The topological polar surface area (TPSA) is 64.3 Å². The summed E-state index contributed by atoms with van der Waals surface area (Å²) in [5.41, 5.74) is 7.05. The Labute approximate surface area is 120 Å². The minimum absolute atomic E-state index is 0.0280. The van der Waals surface area contributed by atoms with E-state index in [9.17, 15) is 4.79 Å². The van der Waals surface area contributed by atoms with Gasteiger partial charge >= 0.3 is 0 Å². The predicted molar refractivity (Wildman–Crippen MR) is 81.5 cm³/mol. The lowest BCUT2D eigenvalue weighted by Gasteiger charge is -2.26. The molecule has 20 heavy (non-hydrogen) atoms. The van der Waals surface area contributed by atoms with Crippen molar-refractivity contribution in [2.75, 3.05) is 17.7 Å². The summed E-state index contributed by atoms with van der Waals surface area (Å²) in [6, 6.07) is 7.20. The highest BCUT2D eigenvalue weighted by Gasteiger charge is 2.18. The Morgan fingerprint density at radius 1 is 1.35 bits per heavy atom. The highest BCUT2D eigenvalue weighted by atomic mass is 16.5. The van der Waals surface area contributed by atoms with Crippen LogP contribution in [-0.4, -0.2) is 18.6 Å². The second-order valence-electron chi connectivity index (χ2n) is 5.68. The van der Waals surface area contributed by atoms with E-state index in [-0.39, 0.29) is 5.91 Å². The number of benzene rings is 1. The van der Waals surface area contributed by atoms with Gasteiger partial charge in [-0.15, -0.1) is 0 Å². The first kappa shape index (κ1) is 14.9. The van der Waals surface area contributed by atoms with E-state index < -0.39 is 0 Å². The van der Waals surface area contributed by atoms with E-state index in [2.05, 4.69) is 12.2 Å². The van der Waals surface area contributed by atoms with Crippen LogP contribution in [0.15, 0.2) is 24.3 Å². The Bertz CT molecular complexity index is 440. The van der Waals surface area contributed by atoms with E-state index in [1.165, 1.54) is 12.8 Å². The van der Waals surface area contributed by atoms with Crippen molar-refractivity contribution in [1.82, 2.24) is 0 Å². The molecule has 1 aliphatic rings. The smallest absolute Gasteiger partial charge is 0.226 e. The van der Waals surface area contributed by atoms with Crippen molar-refractivity contribution in [3.8, 4) is 0 Å². The molecule has 1 amide bonds. The van der Waals surface area contributed by atoms with Gasteiger partial charge in [0.25, 0.3) is 0 Å². The van der Waals surface area contributed by atoms with Crippen LogP contribution >= 0.6 is 0 Å². The largest absolute Gasteiger partial charge is 0.399 e. The number of nitrogen functional groups attached to an aromatic ring is 1. The summed E-state index contributed by atoms with van der Waals surface area (Å²) in [6.45, 7) is 2.78. The Morgan fingerprint density at radius 2 is 2.10 bits per heavy atom. The van der Waals surface area contributed by atoms with Crippen LogP contribution in [0.5, 0.6) is 0 Å². The Morgan fingerprint density at radius 3 is 2.80 bits per heavy atom. The van der Waals surface area contributed by atoms with Gasteiger partial charge in [-0.25, -0.2) is 0 Å². The lowest BCUT2D eigenvalue weighted by atomic mass is 9.89.